The Morgan fingerprint density at radius 2 is 1.59 bits per heavy atom. The summed E-state index contributed by atoms with van der Waals surface area (Å²) in [5.74, 6) is 0.611. The van der Waals surface area contributed by atoms with Crippen LogP contribution < -0.4 is 21.3 Å². The second-order valence-electron chi connectivity index (χ2n) is 9.62. The summed E-state index contributed by atoms with van der Waals surface area (Å²) in [6.45, 7) is 12.6. The lowest BCUT2D eigenvalue weighted by atomic mass is 9.80. The topological polar surface area (TPSA) is 86.3 Å². The van der Waals surface area contributed by atoms with E-state index in [0.717, 1.165) is 24.2 Å². The maximum atomic E-state index is 13.2. The van der Waals surface area contributed by atoms with Gasteiger partial charge in [0, 0.05) is 28.2 Å². The van der Waals surface area contributed by atoms with Crippen LogP contribution in [0.3, 0.4) is 0 Å². The normalized spacial score (nSPS) is 18.2. The van der Waals surface area contributed by atoms with E-state index in [1.807, 2.05) is 19.9 Å². The molecule has 1 fully saturated rings. The Bertz CT molecular complexity index is 966. The zero-order chi connectivity index (χ0) is 23.5. The van der Waals surface area contributed by atoms with Crippen molar-refractivity contribution >= 4 is 34.9 Å². The number of nitrogens with one attached hydrogen (secondary N) is 4. The Morgan fingerprint density at radius 3 is 2.16 bits per heavy atom. The number of hydrogen-bond donors (Lipinski definition) is 4. The van der Waals surface area contributed by atoms with Crippen molar-refractivity contribution in [2.45, 2.75) is 71.5 Å². The van der Waals surface area contributed by atoms with Crippen LogP contribution in [0.15, 0.2) is 35.3 Å². The summed E-state index contributed by atoms with van der Waals surface area (Å²) in [5, 5.41) is 13.4. The molecule has 172 valence electrons. The molecule has 1 aliphatic rings. The molecule has 0 atom stereocenters. The lowest BCUT2D eigenvalue weighted by Gasteiger charge is -2.45. The molecule has 0 spiro atoms. The number of anilines is 2. The van der Waals surface area contributed by atoms with Gasteiger partial charge in [0.2, 0.25) is 11.9 Å². The van der Waals surface area contributed by atoms with Gasteiger partial charge in [-0.2, -0.15) is 0 Å². The van der Waals surface area contributed by atoms with Gasteiger partial charge >= 0.3 is 0 Å². The molecular weight excluding hydrogens is 425 g/mol. The number of guanidine groups is 1. The molecule has 7 nitrogen and oxygen atoms in total. The van der Waals surface area contributed by atoms with E-state index in [2.05, 4.69) is 58.9 Å². The zero-order valence-corrected chi connectivity index (χ0v) is 20.3. The highest BCUT2D eigenvalue weighted by Gasteiger charge is 2.37. The number of aryl methyl sites for hydroxylation is 2. The number of nitrogens with zero attached hydrogens (tertiary/aromatic N) is 3. The average molecular weight is 458 g/mol. The largest absolute Gasteiger partial charge is 0.332 e. The standard InChI is InChI=1S/C23H32FN7S/c1-14-11-15(2)26-19(25-14)29-20(27-18-12-22(3,4)31-23(5,6)13-18)30-21(32)28-17-9-7-16(24)8-10-17/h7-11,18,31H,12-13H2,1-6H3,(H3,25,26,27,28,29,30,32). The van der Waals surface area contributed by atoms with Crippen LogP contribution in [0.25, 0.3) is 0 Å². The predicted molar refractivity (Wildman–Crippen MR) is 133 cm³/mol. The first-order valence-corrected chi connectivity index (χ1v) is 11.1. The molecule has 0 aliphatic carbocycles. The summed E-state index contributed by atoms with van der Waals surface area (Å²) in [6, 6.07) is 7.97. The number of aliphatic imine (C=N–C) groups is 1. The van der Waals surface area contributed by atoms with Gasteiger partial charge in [0.05, 0.1) is 6.04 Å². The van der Waals surface area contributed by atoms with Crippen LogP contribution in [0.1, 0.15) is 51.9 Å². The smallest absolute Gasteiger partial charge is 0.229 e. The van der Waals surface area contributed by atoms with Crippen molar-refractivity contribution in [2.75, 3.05) is 10.6 Å². The summed E-state index contributed by atoms with van der Waals surface area (Å²) >= 11 is 5.48. The number of thiocarbonyl (C=S) groups is 1. The molecule has 3 rings (SSSR count). The highest BCUT2D eigenvalue weighted by molar-refractivity contribution is 7.80. The number of benzene rings is 1. The van der Waals surface area contributed by atoms with Crippen molar-refractivity contribution in [3.05, 3.63) is 47.5 Å². The highest BCUT2D eigenvalue weighted by Crippen LogP contribution is 2.30. The van der Waals surface area contributed by atoms with E-state index in [0.29, 0.717) is 22.7 Å². The average Bonchev–Trinajstić information content (AvgIpc) is 2.60. The Kier molecular flexibility index (Phi) is 7.09. The lowest BCUT2D eigenvalue weighted by Crippen LogP contribution is -2.59. The van der Waals surface area contributed by atoms with Crippen molar-refractivity contribution in [3.8, 4) is 0 Å². The Balaban J connectivity index is 1.83. The van der Waals surface area contributed by atoms with E-state index in [1.165, 1.54) is 12.1 Å². The fourth-order valence-electron chi connectivity index (χ4n) is 4.33. The van der Waals surface area contributed by atoms with Crippen LogP contribution in [0.4, 0.5) is 16.0 Å². The molecule has 0 saturated carbocycles. The second kappa shape index (κ2) is 9.46. The van der Waals surface area contributed by atoms with Gasteiger partial charge in [0.1, 0.15) is 5.82 Å². The van der Waals surface area contributed by atoms with Gasteiger partial charge in [0.25, 0.3) is 0 Å². The second-order valence-corrected chi connectivity index (χ2v) is 10.0. The summed E-state index contributed by atoms with van der Waals surface area (Å²) < 4.78 is 13.2. The molecule has 1 aromatic heterocycles. The molecule has 0 radical (unpaired) electrons. The first kappa shape index (κ1) is 24.0. The molecule has 0 amide bonds. The van der Waals surface area contributed by atoms with E-state index in [4.69, 9.17) is 17.2 Å². The first-order chi connectivity index (χ1) is 14.9. The van der Waals surface area contributed by atoms with E-state index >= 15 is 0 Å². The van der Waals surface area contributed by atoms with Gasteiger partial charge < -0.3 is 16.0 Å². The molecule has 0 bridgehead atoms. The van der Waals surface area contributed by atoms with Crippen LogP contribution in [0.2, 0.25) is 0 Å². The van der Waals surface area contributed by atoms with Crippen LogP contribution in [-0.4, -0.2) is 38.2 Å². The predicted octanol–water partition coefficient (Wildman–Crippen LogP) is 4.30. The molecular formula is C23H32FN7S. The van der Waals surface area contributed by atoms with Crippen LogP contribution in [-0.2, 0) is 0 Å². The van der Waals surface area contributed by atoms with Gasteiger partial charge in [-0.05, 0) is 96.9 Å². The van der Waals surface area contributed by atoms with E-state index < -0.39 is 0 Å². The van der Waals surface area contributed by atoms with Gasteiger partial charge in [-0.15, -0.1) is 0 Å². The summed E-state index contributed by atoms with van der Waals surface area (Å²) in [5.41, 5.74) is 2.29. The fourth-order valence-corrected chi connectivity index (χ4v) is 4.54. The maximum absolute atomic E-state index is 13.2. The molecule has 2 heterocycles. The maximum Gasteiger partial charge on any atom is 0.229 e. The van der Waals surface area contributed by atoms with E-state index in [9.17, 15) is 4.39 Å². The number of rotatable bonds is 3. The molecule has 9 heteroatoms. The first-order valence-electron chi connectivity index (χ1n) is 10.7. The zero-order valence-electron chi connectivity index (χ0n) is 19.5. The molecule has 32 heavy (non-hydrogen) atoms. The number of halogens is 1. The van der Waals surface area contributed by atoms with Crippen molar-refractivity contribution in [1.82, 2.24) is 20.6 Å². The van der Waals surface area contributed by atoms with Crippen LogP contribution in [0.5, 0.6) is 0 Å². The Hall–Kier alpha value is -2.65. The Morgan fingerprint density at radius 1 is 1.03 bits per heavy atom. The van der Waals surface area contributed by atoms with Crippen molar-refractivity contribution < 1.29 is 4.39 Å². The molecule has 4 N–H and O–H groups in total. The highest BCUT2D eigenvalue weighted by atomic mass is 32.1. The quantitative estimate of drug-likeness (QED) is 0.311. The fraction of sp³-hybridized carbons (Fsp3) is 0.478. The number of aromatic nitrogens is 2. The van der Waals surface area contributed by atoms with Crippen LogP contribution >= 0.6 is 12.2 Å². The van der Waals surface area contributed by atoms with Crippen molar-refractivity contribution in [2.24, 2.45) is 4.99 Å². The van der Waals surface area contributed by atoms with Gasteiger partial charge in [0.15, 0.2) is 5.11 Å². The number of piperidine rings is 1. The third kappa shape index (κ3) is 7.20. The minimum atomic E-state index is -0.304. The molecule has 1 aromatic carbocycles. The van der Waals surface area contributed by atoms with Gasteiger partial charge in [-0.1, -0.05) is 0 Å². The van der Waals surface area contributed by atoms with E-state index in [1.54, 1.807) is 12.1 Å². The molecule has 1 aliphatic heterocycles. The molecule has 1 saturated heterocycles. The van der Waals surface area contributed by atoms with E-state index in [-0.39, 0.29) is 22.9 Å². The third-order valence-corrected chi connectivity index (χ3v) is 5.23. The minimum Gasteiger partial charge on any atom is -0.332 e. The molecule has 2 aromatic rings. The minimum absolute atomic E-state index is 0.0513. The van der Waals surface area contributed by atoms with Gasteiger partial charge in [-0.3, -0.25) is 5.32 Å². The Labute approximate surface area is 194 Å². The van der Waals surface area contributed by atoms with Crippen LogP contribution in [0, 0.1) is 19.7 Å². The van der Waals surface area contributed by atoms with Gasteiger partial charge in [-0.25, -0.2) is 19.4 Å². The summed E-state index contributed by atoms with van der Waals surface area (Å²) in [7, 11) is 0. The number of hydrogen-bond acceptors (Lipinski definition) is 5. The monoisotopic (exact) mass is 457 g/mol. The third-order valence-electron chi connectivity index (χ3n) is 5.03. The SMILES string of the molecule is Cc1cc(C)nc(NC(=NC2CC(C)(C)NC(C)(C)C2)NC(=S)Nc2ccc(F)cc2)n1. The summed E-state index contributed by atoms with van der Waals surface area (Å²) in [6.07, 6.45) is 1.74. The lowest BCUT2D eigenvalue weighted by molar-refractivity contribution is 0.164. The summed E-state index contributed by atoms with van der Waals surface area (Å²) in [4.78, 5) is 13.9. The van der Waals surface area contributed by atoms with Crippen molar-refractivity contribution in [1.29, 1.82) is 0 Å². The van der Waals surface area contributed by atoms with Crippen molar-refractivity contribution in [3.63, 3.8) is 0 Å². The molecule has 0 unspecified atom stereocenters.